The zero-order valence-electron chi connectivity index (χ0n) is 9.52. The number of fused-ring (bicyclic) bond motifs is 1. The summed E-state index contributed by atoms with van der Waals surface area (Å²) in [5, 5.41) is 6.91. The Labute approximate surface area is 123 Å². The second-order valence-electron chi connectivity index (χ2n) is 3.84. The van der Waals surface area contributed by atoms with Crippen LogP contribution >= 0.6 is 34.5 Å². The number of thiophene rings is 1. The molecule has 2 heterocycles. The average Bonchev–Trinajstić information content (AvgIpc) is 2.85. The van der Waals surface area contributed by atoms with Crippen LogP contribution in [0.4, 0.5) is 17.2 Å². The summed E-state index contributed by atoms with van der Waals surface area (Å²) in [5.74, 6) is 0.711. The molecule has 0 fully saturated rings. The van der Waals surface area contributed by atoms with Gasteiger partial charge in [-0.05, 0) is 23.6 Å². The third kappa shape index (κ3) is 2.32. The number of benzene rings is 1. The molecule has 0 atom stereocenters. The quantitative estimate of drug-likeness (QED) is 0.692. The van der Waals surface area contributed by atoms with E-state index < -0.39 is 0 Å². The summed E-state index contributed by atoms with van der Waals surface area (Å²) in [4.78, 5) is 9.33. The Kier molecular flexibility index (Phi) is 3.18. The molecule has 0 radical (unpaired) electrons. The highest BCUT2D eigenvalue weighted by molar-refractivity contribution is 7.16. The summed E-state index contributed by atoms with van der Waals surface area (Å²) in [7, 11) is 0. The highest BCUT2D eigenvalue weighted by Gasteiger charge is 2.08. The van der Waals surface area contributed by atoms with E-state index in [0.717, 1.165) is 15.9 Å². The molecule has 0 aliphatic carbocycles. The van der Waals surface area contributed by atoms with Crippen molar-refractivity contribution in [3.05, 3.63) is 40.0 Å². The van der Waals surface area contributed by atoms with E-state index in [4.69, 9.17) is 28.9 Å². The smallest absolute Gasteiger partial charge is 0.142 e. The molecular weight excluding hydrogens is 303 g/mol. The highest BCUT2D eigenvalue weighted by atomic mass is 35.5. The van der Waals surface area contributed by atoms with Gasteiger partial charge in [0.15, 0.2) is 0 Å². The predicted molar refractivity (Wildman–Crippen MR) is 81.6 cm³/mol. The summed E-state index contributed by atoms with van der Waals surface area (Å²) in [6.07, 6.45) is 1.52. The van der Waals surface area contributed by atoms with Gasteiger partial charge >= 0.3 is 0 Å². The maximum atomic E-state index is 6.00. The third-order valence-corrected chi connectivity index (χ3v) is 4.05. The van der Waals surface area contributed by atoms with Gasteiger partial charge in [-0.15, -0.1) is 11.3 Å². The molecule has 1 aromatic carbocycles. The molecular formula is C12H8Cl2N4S. The van der Waals surface area contributed by atoms with E-state index in [1.165, 1.54) is 6.33 Å². The van der Waals surface area contributed by atoms with Gasteiger partial charge in [0.05, 0.1) is 21.1 Å². The first-order chi connectivity index (χ1) is 9.15. The van der Waals surface area contributed by atoms with Crippen molar-refractivity contribution in [2.24, 2.45) is 0 Å². The standard InChI is InChI=1S/C12H8Cl2N4S/c13-8-3-6(4-9(14)10(8)15)18-11-7-1-2-19-12(7)17-5-16-11/h1-5H,15H2,(H,16,17,18). The second-order valence-corrected chi connectivity index (χ2v) is 5.55. The molecule has 3 aromatic rings. The van der Waals surface area contributed by atoms with Crippen LogP contribution in [0.1, 0.15) is 0 Å². The summed E-state index contributed by atoms with van der Waals surface area (Å²) < 4.78 is 0. The van der Waals surface area contributed by atoms with Crippen LogP contribution in [0.2, 0.25) is 10.0 Å². The molecule has 2 aromatic heterocycles. The maximum Gasteiger partial charge on any atom is 0.142 e. The Morgan fingerprint density at radius 3 is 2.63 bits per heavy atom. The van der Waals surface area contributed by atoms with Gasteiger partial charge in [0, 0.05) is 5.69 Å². The van der Waals surface area contributed by atoms with Gasteiger partial charge in [-0.1, -0.05) is 23.2 Å². The molecule has 0 saturated heterocycles. The van der Waals surface area contributed by atoms with E-state index in [-0.39, 0.29) is 0 Å². The Hall–Kier alpha value is -1.56. The molecule has 0 aliphatic heterocycles. The lowest BCUT2D eigenvalue weighted by molar-refractivity contribution is 1.23. The van der Waals surface area contributed by atoms with Crippen LogP contribution in [0, 0.1) is 0 Å². The molecule has 7 heteroatoms. The van der Waals surface area contributed by atoms with Gasteiger partial charge in [-0.2, -0.15) is 0 Å². The minimum Gasteiger partial charge on any atom is -0.396 e. The summed E-state index contributed by atoms with van der Waals surface area (Å²) in [6, 6.07) is 5.38. The van der Waals surface area contributed by atoms with Crippen LogP contribution < -0.4 is 11.1 Å². The summed E-state index contributed by atoms with van der Waals surface area (Å²) in [5.41, 5.74) is 6.81. The fraction of sp³-hybridized carbons (Fsp3) is 0. The van der Waals surface area contributed by atoms with Gasteiger partial charge < -0.3 is 11.1 Å². The minimum absolute atomic E-state index is 0.372. The molecule has 0 bridgehead atoms. The van der Waals surface area contributed by atoms with Gasteiger partial charge in [0.1, 0.15) is 17.0 Å². The monoisotopic (exact) mass is 310 g/mol. The predicted octanol–water partition coefficient (Wildman–Crippen LogP) is 4.32. The van der Waals surface area contributed by atoms with Crippen LogP contribution in [-0.2, 0) is 0 Å². The van der Waals surface area contributed by atoms with Crippen molar-refractivity contribution in [1.82, 2.24) is 9.97 Å². The van der Waals surface area contributed by atoms with Crippen molar-refractivity contribution < 1.29 is 0 Å². The number of hydrogen-bond donors (Lipinski definition) is 2. The van der Waals surface area contributed by atoms with E-state index in [9.17, 15) is 0 Å². The first kappa shape index (κ1) is 12.5. The number of nitrogen functional groups attached to an aromatic ring is 1. The van der Waals surface area contributed by atoms with E-state index in [0.29, 0.717) is 21.6 Å². The van der Waals surface area contributed by atoms with Gasteiger partial charge in [-0.3, -0.25) is 0 Å². The third-order valence-electron chi connectivity index (χ3n) is 2.60. The number of hydrogen-bond acceptors (Lipinski definition) is 5. The molecule has 96 valence electrons. The number of rotatable bonds is 2. The first-order valence-corrected chi connectivity index (χ1v) is 6.98. The minimum atomic E-state index is 0.372. The summed E-state index contributed by atoms with van der Waals surface area (Å²) in [6.45, 7) is 0. The largest absolute Gasteiger partial charge is 0.396 e. The Morgan fingerprint density at radius 1 is 1.16 bits per heavy atom. The molecule has 0 saturated carbocycles. The van der Waals surface area contributed by atoms with Crippen molar-refractivity contribution in [1.29, 1.82) is 0 Å². The number of halogens is 2. The summed E-state index contributed by atoms with van der Waals surface area (Å²) >= 11 is 13.6. The molecule has 0 amide bonds. The molecule has 0 aliphatic rings. The number of nitrogens with two attached hydrogens (primary N) is 1. The van der Waals surface area contributed by atoms with Crippen LogP contribution in [-0.4, -0.2) is 9.97 Å². The molecule has 19 heavy (non-hydrogen) atoms. The van der Waals surface area contributed by atoms with E-state index in [2.05, 4.69) is 15.3 Å². The Balaban J connectivity index is 2.04. The lowest BCUT2D eigenvalue weighted by Crippen LogP contribution is -1.96. The van der Waals surface area contributed by atoms with Crippen molar-refractivity contribution >= 4 is 61.9 Å². The Bertz CT molecular complexity index is 733. The normalized spacial score (nSPS) is 10.8. The molecule has 3 N–H and O–H groups in total. The van der Waals surface area contributed by atoms with Crippen LogP contribution in [0.25, 0.3) is 10.2 Å². The number of nitrogens with zero attached hydrogens (tertiary/aromatic N) is 2. The van der Waals surface area contributed by atoms with E-state index in [1.54, 1.807) is 23.5 Å². The van der Waals surface area contributed by atoms with E-state index in [1.807, 2.05) is 11.4 Å². The van der Waals surface area contributed by atoms with Crippen LogP contribution in [0.15, 0.2) is 29.9 Å². The number of nitrogens with one attached hydrogen (secondary N) is 1. The zero-order valence-corrected chi connectivity index (χ0v) is 11.9. The lowest BCUT2D eigenvalue weighted by Gasteiger charge is -2.09. The van der Waals surface area contributed by atoms with Crippen LogP contribution in [0.3, 0.4) is 0 Å². The molecule has 3 rings (SSSR count). The van der Waals surface area contributed by atoms with Crippen LogP contribution in [0.5, 0.6) is 0 Å². The fourth-order valence-electron chi connectivity index (χ4n) is 1.68. The SMILES string of the molecule is Nc1c(Cl)cc(Nc2ncnc3sccc23)cc1Cl. The van der Waals surface area contributed by atoms with Crippen molar-refractivity contribution in [3.8, 4) is 0 Å². The highest BCUT2D eigenvalue weighted by Crippen LogP contribution is 2.33. The number of aromatic nitrogens is 2. The lowest BCUT2D eigenvalue weighted by atomic mass is 10.2. The number of anilines is 3. The topological polar surface area (TPSA) is 63.8 Å². The van der Waals surface area contributed by atoms with Gasteiger partial charge in [0.2, 0.25) is 0 Å². The first-order valence-electron chi connectivity index (χ1n) is 5.35. The van der Waals surface area contributed by atoms with Gasteiger partial charge in [0.25, 0.3) is 0 Å². The van der Waals surface area contributed by atoms with Crippen molar-refractivity contribution in [2.75, 3.05) is 11.1 Å². The average molecular weight is 311 g/mol. The fourth-order valence-corrected chi connectivity index (χ4v) is 2.90. The maximum absolute atomic E-state index is 6.00. The van der Waals surface area contributed by atoms with Crippen molar-refractivity contribution in [3.63, 3.8) is 0 Å². The molecule has 0 spiro atoms. The van der Waals surface area contributed by atoms with Gasteiger partial charge in [-0.25, -0.2) is 9.97 Å². The van der Waals surface area contributed by atoms with Crippen molar-refractivity contribution in [2.45, 2.75) is 0 Å². The zero-order chi connectivity index (χ0) is 13.4. The van der Waals surface area contributed by atoms with E-state index >= 15 is 0 Å². The molecule has 0 unspecified atom stereocenters. The second kappa shape index (κ2) is 4.85. The molecule has 4 nitrogen and oxygen atoms in total. The Morgan fingerprint density at radius 2 is 1.89 bits per heavy atom.